The lowest BCUT2D eigenvalue weighted by Gasteiger charge is -2.12. The van der Waals surface area contributed by atoms with Gasteiger partial charge in [0.05, 0.1) is 23.3 Å². The van der Waals surface area contributed by atoms with Crippen LogP contribution < -0.4 is 0 Å². The summed E-state index contributed by atoms with van der Waals surface area (Å²) >= 11 is 29.1. The topological polar surface area (TPSA) is 51.0 Å². The molecule has 0 aliphatic carbocycles. The van der Waals surface area contributed by atoms with Crippen LogP contribution in [0.25, 0.3) is 0 Å². The number of benzene rings is 1. The lowest BCUT2D eigenvalue weighted by Crippen LogP contribution is -2.26. The molecule has 0 atom stereocenters. The van der Waals surface area contributed by atoms with Crippen LogP contribution in [-0.4, -0.2) is 23.7 Å². The van der Waals surface area contributed by atoms with Crippen LogP contribution in [0.5, 0.6) is 0 Å². The van der Waals surface area contributed by atoms with Crippen LogP contribution in [0, 0.1) is 0 Å². The summed E-state index contributed by atoms with van der Waals surface area (Å²) in [5, 5.41) is 7.74. The summed E-state index contributed by atoms with van der Waals surface area (Å²) in [5.41, 5.74) is 0.0687. The minimum Gasteiger partial charge on any atom is -0.462 e. The number of carbonyl (C=O) groups is 1. The molecule has 0 aliphatic rings. The Labute approximate surface area is 157 Å². The predicted molar refractivity (Wildman–Crippen MR) is 91.2 cm³/mol. The van der Waals surface area contributed by atoms with E-state index >= 15 is 0 Å². The predicted octanol–water partition coefficient (Wildman–Crippen LogP) is 6.54. The van der Waals surface area contributed by atoms with Crippen LogP contribution in [0.3, 0.4) is 0 Å². The number of rotatable bonds is 8. The molecule has 23 heavy (non-hydrogen) atoms. The molecule has 0 amide bonds. The van der Waals surface area contributed by atoms with Crippen molar-refractivity contribution in [3.8, 4) is 0 Å². The van der Waals surface area contributed by atoms with Gasteiger partial charge in [0.2, 0.25) is 0 Å². The summed E-state index contributed by atoms with van der Waals surface area (Å²) in [6, 6.07) is 2.80. The molecule has 0 aliphatic heterocycles. The van der Waals surface area contributed by atoms with E-state index in [-0.39, 0.29) is 22.3 Å². The maximum Gasteiger partial charge on any atom is 0.367 e. The molecule has 128 valence electrons. The van der Waals surface area contributed by atoms with Gasteiger partial charge in [-0.3, -0.25) is 4.39 Å². The molecule has 0 saturated carbocycles. The quantitative estimate of drug-likeness (QED) is 0.156. The molecule has 0 bridgehead atoms. The van der Waals surface area contributed by atoms with Crippen LogP contribution in [-0.2, 0) is 9.53 Å². The van der Waals surface area contributed by atoms with Crippen molar-refractivity contribution in [2.45, 2.75) is 23.7 Å². The van der Waals surface area contributed by atoms with Crippen LogP contribution >= 0.6 is 58.0 Å². The number of carbonyl (C=O) groups excluding carboxylic acids is 1. The fourth-order valence-electron chi connectivity index (χ4n) is 1.41. The van der Waals surface area contributed by atoms with Crippen LogP contribution in [0.4, 0.5) is 10.1 Å². The van der Waals surface area contributed by atoms with E-state index in [0.29, 0.717) is 24.3 Å². The molecule has 0 spiro atoms. The van der Waals surface area contributed by atoms with Crippen molar-refractivity contribution >= 4 is 69.7 Å². The number of azo groups is 1. The average Bonchev–Trinajstić information content (AvgIpc) is 2.45. The molecule has 0 radical (unpaired) electrons. The SMILES string of the molecule is O=C(OCCCCCF)C(Cl)(Cl)N=Nc1c(Cl)cc(Cl)cc1Cl. The van der Waals surface area contributed by atoms with E-state index in [1.807, 2.05) is 0 Å². The second-order valence-corrected chi connectivity index (χ2v) is 6.88. The third-order valence-electron chi connectivity index (χ3n) is 2.51. The van der Waals surface area contributed by atoms with Crippen molar-refractivity contribution in [2.75, 3.05) is 13.3 Å². The third kappa shape index (κ3) is 6.98. The van der Waals surface area contributed by atoms with E-state index in [1.165, 1.54) is 12.1 Å². The van der Waals surface area contributed by atoms with Crippen LogP contribution in [0.1, 0.15) is 19.3 Å². The van der Waals surface area contributed by atoms with Gasteiger partial charge in [-0.1, -0.05) is 58.0 Å². The first-order valence-electron chi connectivity index (χ1n) is 6.46. The monoisotopic (exact) mass is 422 g/mol. The van der Waals surface area contributed by atoms with Crippen molar-refractivity contribution in [1.29, 1.82) is 0 Å². The second-order valence-electron chi connectivity index (χ2n) is 4.34. The zero-order valence-corrected chi connectivity index (χ0v) is 15.4. The van der Waals surface area contributed by atoms with Gasteiger partial charge in [0.25, 0.3) is 0 Å². The van der Waals surface area contributed by atoms with Crippen LogP contribution in [0.15, 0.2) is 22.4 Å². The van der Waals surface area contributed by atoms with Crippen molar-refractivity contribution in [1.82, 2.24) is 0 Å². The zero-order valence-electron chi connectivity index (χ0n) is 11.7. The van der Waals surface area contributed by atoms with Crippen molar-refractivity contribution < 1.29 is 13.9 Å². The highest BCUT2D eigenvalue weighted by Crippen LogP contribution is 2.37. The number of hydrogen-bond acceptors (Lipinski definition) is 4. The molecular formula is C13H12Cl5FN2O2. The maximum atomic E-state index is 11.9. The van der Waals surface area contributed by atoms with E-state index in [1.54, 1.807) is 0 Å². The fraction of sp³-hybridized carbons (Fsp3) is 0.462. The molecule has 0 heterocycles. The number of alkyl halides is 3. The fourth-order valence-corrected chi connectivity index (χ4v) is 2.49. The van der Waals surface area contributed by atoms with Gasteiger partial charge in [-0.15, -0.1) is 10.2 Å². The normalized spacial score (nSPS) is 11.9. The van der Waals surface area contributed by atoms with Gasteiger partial charge in [-0.2, -0.15) is 0 Å². The second kappa shape index (κ2) is 9.84. The van der Waals surface area contributed by atoms with E-state index < -0.39 is 17.1 Å². The lowest BCUT2D eigenvalue weighted by molar-refractivity contribution is -0.144. The maximum absolute atomic E-state index is 11.9. The molecule has 1 aromatic rings. The Morgan fingerprint density at radius 2 is 1.74 bits per heavy atom. The zero-order chi connectivity index (χ0) is 17.5. The van der Waals surface area contributed by atoms with Gasteiger partial charge in [-0.05, 0) is 31.4 Å². The average molecular weight is 425 g/mol. The summed E-state index contributed by atoms with van der Waals surface area (Å²) in [7, 11) is 0. The van der Waals surface area contributed by atoms with E-state index in [9.17, 15) is 9.18 Å². The van der Waals surface area contributed by atoms with Gasteiger partial charge < -0.3 is 4.74 Å². The Morgan fingerprint density at radius 3 is 2.30 bits per heavy atom. The molecule has 10 heteroatoms. The highest BCUT2D eigenvalue weighted by molar-refractivity contribution is 6.57. The molecule has 1 aromatic carbocycles. The van der Waals surface area contributed by atoms with Crippen molar-refractivity contribution in [2.24, 2.45) is 10.2 Å². The Morgan fingerprint density at radius 1 is 1.13 bits per heavy atom. The summed E-state index contributed by atoms with van der Waals surface area (Å²) in [6.07, 6.45) is 1.47. The number of esters is 1. The molecule has 0 fully saturated rings. The Balaban J connectivity index is 2.68. The van der Waals surface area contributed by atoms with Gasteiger partial charge in [0.1, 0.15) is 5.69 Å². The first kappa shape index (κ1) is 20.7. The first-order chi connectivity index (χ1) is 10.8. The summed E-state index contributed by atoms with van der Waals surface area (Å²) in [4.78, 5) is 11.7. The number of halogens is 6. The highest BCUT2D eigenvalue weighted by Gasteiger charge is 2.36. The largest absolute Gasteiger partial charge is 0.462 e. The molecule has 0 unspecified atom stereocenters. The smallest absolute Gasteiger partial charge is 0.367 e. The third-order valence-corrected chi connectivity index (χ3v) is 3.77. The molecule has 0 saturated heterocycles. The summed E-state index contributed by atoms with van der Waals surface area (Å²) in [5.74, 6) is -0.994. The molecule has 0 aromatic heterocycles. The number of hydrogen-bond donors (Lipinski definition) is 0. The number of ether oxygens (including phenoxy) is 1. The van der Waals surface area contributed by atoms with Gasteiger partial charge >= 0.3 is 10.4 Å². The Kier molecular flexibility index (Phi) is 8.86. The highest BCUT2D eigenvalue weighted by atomic mass is 35.5. The van der Waals surface area contributed by atoms with Crippen LogP contribution in [0.2, 0.25) is 15.1 Å². The van der Waals surface area contributed by atoms with E-state index in [2.05, 4.69) is 10.2 Å². The number of nitrogens with zero attached hydrogens (tertiary/aromatic N) is 2. The van der Waals surface area contributed by atoms with Crippen molar-refractivity contribution in [3.05, 3.63) is 27.2 Å². The lowest BCUT2D eigenvalue weighted by atomic mass is 10.3. The number of unbranched alkanes of at least 4 members (excludes halogenated alkanes) is 2. The minimum atomic E-state index is -2.24. The summed E-state index contributed by atoms with van der Waals surface area (Å²) < 4.78 is 14.5. The first-order valence-corrected chi connectivity index (χ1v) is 8.35. The molecule has 0 N–H and O–H groups in total. The van der Waals surface area contributed by atoms with Gasteiger partial charge in [0.15, 0.2) is 0 Å². The standard InChI is InChI=1S/C13H12Cl5FN2O2/c14-8-6-9(15)11(10(16)7-8)20-21-13(17,18)12(22)23-5-3-1-2-4-19/h6-7H,1-5H2. The summed E-state index contributed by atoms with van der Waals surface area (Å²) in [6.45, 7) is -0.363. The Bertz CT molecular complexity index is 560. The van der Waals surface area contributed by atoms with E-state index in [0.717, 1.165) is 0 Å². The Hall–Kier alpha value is -0.330. The van der Waals surface area contributed by atoms with E-state index in [4.69, 9.17) is 62.7 Å². The molecular weight excluding hydrogens is 412 g/mol. The molecule has 4 nitrogen and oxygen atoms in total. The van der Waals surface area contributed by atoms with Gasteiger partial charge in [0, 0.05) is 5.02 Å². The molecule has 1 rings (SSSR count). The van der Waals surface area contributed by atoms with Gasteiger partial charge in [-0.25, -0.2) is 4.79 Å². The minimum absolute atomic E-state index is 0.0536. The van der Waals surface area contributed by atoms with Crippen molar-refractivity contribution in [3.63, 3.8) is 0 Å².